The Morgan fingerprint density at radius 1 is 1.27 bits per heavy atom. The van der Waals surface area contributed by atoms with Crippen LogP contribution in [0.4, 0.5) is 22.0 Å². The number of halogens is 5. The molecule has 1 fully saturated rings. The van der Waals surface area contributed by atoms with Crippen molar-refractivity contribution in [2.45, 2.75) is 25.2 Å². The molecule has 1 aliphatic heterocycles. The fourth-order valence-electron chi connectivity index (χ4n) is 2.54. The van der Waals surface area contributed by atoms with Gasteiger partial charge in [0, 0.05) is 13.1 Å². The third kappa shape index (κ3) is 3.94. The van der Waals surface area contributed by atoms with Crippen LogP contribution < -0.4 is 0 Å². The fraction of sp³-hybridized carbons (Fsp3) is 0.500. The van der Waals surface area contributed by atoms with Gasteiger partial charge in [-0.2, -0.15) is 13.2 Å². The molecule has 0 N–H and O–H groups in total. The predicted octanol–water partition coefficient (Wildman–Crippen LogP) is 2.56. The number of carbonyl (C=O) groups is 1. The van der Waals surface area contributed by atoms with E-state index in [0.717, 1.165) is 17.0 Å². The maximum absolute atomic E-state index is 13.1. The molecule has 1 aromatic carbocycles. The van der Waals surface area contributed by atoms with Gasteiger partial charge in [-0.25, -0.2) is 8.78 Å². The standard InChI is InChI=1S/C14H15F5N2O/c1-20(7-9-2-3-10(15)11(16)6-9)12-4-5-21(13(12)22)8-14(17,18)19/h2-3,6,12H,4-5,7-8H2,1H3. The molecule has 2 rings (SSSR count). The van der Waals surface area contributed by atoms with E-state index in [1.807, 2.05) is 0 Å². The van der Waals surface area contributed by atoms with Crippen LogP contribution in [0.5, 0.6) is 0 Å². The Morgan fingerprint density at radius 2 is 1.95 bits per heavy atom. The van der Waals surface area contributed by atoms with Crippen molar-refractivity contribution in [2.24, 2.45) is 0 Å². The monoisotopic (exact) mass is 322 g/mol. The van der Waals surface area contributed by atoms with E-state index in [2.05, 4.69) is 0 Å². The summed E-state index contributed by atoms with van der Waals surface area (Å²) in [6.07, 6.45) is -4.15. The van der Waals surface area contributed by atoms with Crippen LogP contribution in [-0.2, 0) is 11.3 Å². The van der Waals surface area contributed by atoms with Gasteiger partial charge >= 0.3 is 6.18 Å². The number of rotatable bonds is 4. The highest BCUT2D eigenvalue weighted by Crippen LogP contribution is 2.23. The smallest absolute Gasteiger partial charge is 0.332 e. The minimum absolute atomic E-state index is 0.0329. The topological polar surface area (TPSA) is 23.6 Å². The number of carbonyl (C=O) groups excluding carboxylic acids is 1. The minimum atomic E-state index is -4.43. The van der Waals surface area contributed by atoms with Crippen molar-refractivity contribution in [1.82, 2.24) is 9.80 Å². The van der Waals surface area contributed by atoms with Crippen LogP contribution in [0.25, 0.3) is 0 Å². The molecule has 122 valence electrons. The van der Waals surface area contributed by atoms with Crippen molar-refractivity contribution in [3.05, 3.63) is 35.4 Å². The van der Waals surface area contributed by atoms with Crippen molar-refractivity contribution in [3.63, 3.8) is 0 Å². The molecule has 0 aromatic heterocycles. The molecule has 0 spiro atoms. The highest BCUT2D eigenvalue weighted by molar-refractivity contribution is 5.84. The lowest BCUT2D eigenvalue weighted by molar-refractivity contribution is -0.159. The molecule has 1 atom stereocenters. The van der Waals surface area contributed by atoms with E-state index in [0.29, 0.717) is 5.56 Å². The number of alkyl halides is 3. The molecule has 0 radical (unpaired) electrons. The number of nitrogens with zero attached hydrogens (tertiary/aromatic N) is 2. The number of benzene rings is 1. The third-order valence-electron chi connectivity index (χ3n) is 3.59. The zero-order chi connectivity index (χ0) is 16.5. The summed E-state index contributed by atoms with van der Waals surface area (Å²) < 4.78 is 63.0. The van der Waals surface area contributed by atoms with Crippen molar-refractivity contribution < 1.29 is 26.7 Å². The van der Waals surface area contributed by atoms with Gasteiger partial charge < -0.3 is 4.90 Å². The van der Waals surface area contributed by atoms with Crippen molar-refractivity contribution in [3.8, 4) is 0 Å². The molecule has 3 nitrogen and oxygen atoms in total. The van der Waals surface area contributed by atoms with Crippen LogP contribution in [0, 0.1) is 11.6 Å². The largest absolute Gasteiger partial charge is 0.406 e. The first-order valence-electron chi connectivity index (χ1n) is 6.67. The molecule has 1 heterocycles. The summed E-state index contributed by atoms with van der Waals surface area (Å²) >= 11 is 0. The molecule has 1 amide bonds. The summed E-state index contributed by atoms with van der Waals surface area (Å²) in [7, 11) is 1.57. The van der Waals surface area contributed by atoms with Crippen LogP contribution in [0.2, 0.25) is 0 Å². The van der Waals surface area contributed by atoms with E-state index in [4.69, 9.17) is 0 Å². The van der Waals surface area contributed by atoms with E-state index in [1.54, 1.807) is 11.9 Å². The van der Waals surface area contributed by atoms with Crippen molar-refractivity contribution in [2.75, 3.05) is 20.1 Å². The summed E-state index contributed by atoms with van der Waals surface area (Å²) in [6.45, 7) is -1.08. The fourth-order valence-corrected chi connectivity index (χ4v) is 2.54. The van der Waals surface area contributed by atoms with Crippen LogP contribution in [0.15, 0.2) is 18.2 Å². The Balaban J connectivity index is 2.00. The second-order valence-electron chi connectivity index (χ2n) is 5.34. The van der Waals surface area contributed by atoms with Crippen molar-refractivity contribution in [1.29, 1.82) is 0 Å². The van der Waals surface area contributed by atoms with Gasteiger partial charge in [0.2, 0.25) is 5.91 Å². The number of likely N-dealkylation sites (N-methyl/N-ethyl adjacent to an activating group) is 1. The summed E-state index contributed by atoms with van der Waals surface area (Å²) in [5.74, 6) is -2.57. The van der Waals surface area contributed by atoms with Crippen LogP contribution in [0.3, 0.4) is 0 Å². The lowest BCUT2D eigenvalue weighted by Crippen LogP contribution is -2.42. The molecule has 1 aliphatic rings. The van der Waals surface area contributed by atoms with Crippen LogP contribution in [0.1, 0.15) is 12.0 Å². The first-order valence-corrected chi connectivity index (χ1v) is 6.67. The quantitative estimate of drug-likeness (QED) is 0.796. The average molecular weight is 322 g/mol. The highest BCUT2D eigenvalue weighted by atomic mass is 19.4. The Hall–Kier alpha value is -1.70. The van der Waals surface area contributed by atoms with Gasteiger partial charge in [0.05, 0.1) is 6.04 Å². The number of hydrogen-bond acceptors (Lipinski definition) is 2. The van der Waals surface area contributed by atoms with Crippen LogP contribution >= 0.6 is 0 Å². The Labute approximate surface area is 124 Å². The number of likely N-dealkylation sites (tertiary alicyclic amines) is 1. The highest BCUT2D eigenvalue weighted by Gasteiger charge is 2.40. The molecule has 1 unspecified atom stereocenters. The second-order valence-corrected chi connectivity index (χ2v) is 5.34. The average Bonchev–Trinajstić information content (AvgIpc) is 2.74. The maximum atomic E-state index is 13.1. The van der Waals surface area contributed by atoms with Crippen LogP contribution in [-0.4, -0.2) is 48.1 Å². The van der Waals surface area contributed by atoms with Gasteiger partial charge in [-0.05, 0) is 31.2 Å². The summed E-state index contributed by atoms with van der Waals surface area (Å²) in [4.78, 5) is 14.3. The van der Waals surface area contributed by atoms with E-state index in [1.165, 1.54) is 6.07 Å². The zero-order valence-corrected chi connectivity index (χ0v) is 11.8. The van der Waals surface area contributed by atoms with E-state index in [-0.39, 0.29) is 19.5 Å². The summed E-state index contributed by atoms with van der Waals surface area (Å²) in [6, 6.07) is 2.68. The molecule has 1 aromatic rings. The molecule has 0 bridgehead atoms. The number of hydrogen-bond donors (Lipinski definition) is 0. The van der Waals surface area contributed by atoms with Gasteiger partial charge in [-0.1, -0.05) is 6.07 Å². The molecular weight excluding hydrogens is 307 g/mol. The van der Waals surface area contributed by atoms with E-state index >= 15 is 0 Å². The zero-order valence-electron chi connectivity index (χ0n) is 11.8. The van der Waals surface area contributed by atoms with Gasteiger partial charge in [-0.15, -0.1) is 0 Å². The molecule has 8 heteroatoms. The first-order chi connectivity index (χ1) is 10.2. The minimum Gasteiger partial charge on any atom is -0.332 e. The SMILES string of the molecule is CN(Cc1ccc(F)c(F)c1)C1CCN(CC(F)(F)F)C1=O. The first kappa shape index (κ1) is 16.7. The third-order valence-corrected chi connectivity index (χ3v) is 3.59. The molecule has 1 saturated heterocycles. The van der Waals surface area contributed by atoms with E-state index < -0.39 is 36.3 Å². The Morgan fingerprint density at radius 3 is 2.55 bits per heavy atom. The lowest BCUT2D eigenvalue weighted by atomic mass is 10.1. The summed E-state index contributed by atoms with van der Waals surface area (Å²) in [5, 5.41) is 0. The molecule has 0 saturated carbocycles. The molecular formula is C14H15F5N2O. The van der Waals surface area contributed by atoms with E-state index in [9.17, 15) is 26.7 Å². The Kier molecular flexibility index (Phi) is 4.69. The maximum Gasteiger partial charge on any atom is 0.406 e. The number of amides is 1. The van der Waals surface area contributed by atoms with Crippen molar-refractivity contribution >= 4 is 5.91 Å². The Bertz CT molecular complexity index is 561. The van der Waals surface area contributed by atoms with Gasteiger partial charge in [0.25, 0.3) is 0 Å². The van der Waals surface area contributed by atoms with Gasteiger partial charge in [-0.3, -0.25) is 9.69 Å². The van der Waals surface area contributed by atoms with Gasteiger partial charge in [0.1, 0.15) is 6.54 Å². The lowest BCUT2D eigenvalue weighted by Gasteiger charge is -2.24. The molecule has 0 aliphatic carbocycles. The normalized spacial score (nSPS) is 19.3. The predicted molar refractivity (Wildman–Crippen MR) is 68.9 cm³/mol. The second kappa shape index (κ2) is 6.20. The molecule has 22 heavy (non-hydrogen) atoms. The van der Waals surface area contributed by atoms with Gasteiger partial charge in [0.15, 0.2) is 11.6 Å². The summed E-state index contributed by atoms with van der Waals surface area (Å²) in [5.41, 5.74) is 0.448.